The summed E-state index contributed by atoms with van der Waals surface area (Å²) >= 11 is 6.14. The number of methoxy groups -OCH3 is 1. The molecule has 3 aromatic rings. The van der Waals surface area contributed by atoms with Crippen LogP contribution in [0.25, 0.3) is 0 Å². The first kappa shape index (κ1) is 24.6. The van der Waals surface area contributed by atoms with Gasteiger partial charge < -0.3 is 14.8 Å². The molecule has 7 nitrogen and oxygen atoms in total. The second kappa shape index (κ2) is 10.7. The first-order valence-electron chi connectivity index (χ1n) is 10.2. The van der Waals surface area contributed by atoms with Crippen LogP contribution in [0.1, 0.15) is 22.8 Å². The zero-order chi connectivity index (χ0) is 24.0. The first-order chi connectivity index (χ1) is 15.8. The molecule has 174 valence electrons. The lowest BCUT2D eigenvalue weighted by atomic mass is 10.1. The summed E-state index contributed by atoms with van der Waals surface area (Å²) in [5.74, 6) is 0.645. The smallest absolute Gasteiger partial charge is 0.255 e. The van der Waals surface area contributed by atoms with Crippen LogP contribution in [0.3, 0.4) is 0 Å². The molecule has 3 rings (SSSR count). The third kappa shape index (κ3) is 5.84. The van der Waals surface area contributed by atoms with Crippen molar-refractivity contribution in [1.82, 2.24) is 4.31 Å². The number of nitrogens with one attached hydrogen (secondary N) is 1. The van der Waals surface area contributed by atoms with E-state index in [1.807, 2.05) is 6.92 Å². The van der Waals surface area contributed by atoms with Gasteiger partial charge in [-0.3, -0.25) is 4.79 Å². The lowest BCUT2D eigenvalue weighted by Crippen LogP contribution is -2.27. The van der Waals surface area contributed by atoms with E-state index in [0.29, 0.717) is 39.9 Å². The second-order valence-corrected chi connectivity index (χ2v) is 9.59. The van der Waals surface area contributed by atoms with E-state index in [1.54, 1.807) is 66.7 Å². The average Bonchev–Trinajstić information content (AvgIpc) is 2.81. The highest BCUT2D eigenvalue weighted by molar-refractivity contribution is 7.89. The van der Waals surface area contributed by atoms with E-state index in [0.717, 1.165) is 0 Å². The molecule has 0 aliphatic carbocycles. The van der Waals surface area contributed by atoms with Crippen LogP contribution in [-0.2, 0) is 16.6 Å². The topological polar surface area (TPSA) is 84.9 Å². The number of rotatable bonds is 9. The van der Waals surface area contributed by atoms with Crippen molar-refractivity contribution in [1.29, 1.82) is 0 Å². The van der Waals surface area contributed by atoms with E-state index in [9.17, 15) is 13.2 Å². The highest BCUT2D eigenvalue weighted by atomic mass is 35.5. The van der Waals surface area contributed by atoms with Gasteiger partial charge in [0.15, 0.2) is 0 Å². The maximum atomic E-state index is 12.9. The summed E-state index contributed by atoms with van der Waals surface area (Å²) in [6.07, 6.45) is 0. The van der Waals surface area contributed by atoms with Crippen molar-refractivity contribution < 1.29 is 22.7 Å². The number of halogens is 1. The number of carbonyl (C=O) groups is 1. The summed E-state index contributed by atoms with van der Waals surface area (Å²) in [6, 6.07) is 18.0. The molecule has 0 saturated heterocycles. The van der Waals surface area contributed by atoms with E-state index >= 15 is 0 Å². The minimum absolute atomic E-state index is 0.0298. The molecule has 0 unspecified atom stereocenters. The minimum Gasteiger partial charge on any atom is -0.495 e. The van der Waals surface area contributed by atoms with Gasteiger partial charge in [-0.25, -0.2) is 8.42 Å². The number of carbonyl (C=O) groups excluding carboxylic acids is 1. The van der Waals surface area contributed by atoms with Crippen LogP contribution in [-0.4, -0.2) is 39.4 Å². The number of amides is 1. The predicted octanol–water partition coefficient (Wildman–Crippen LogP) is 4.82. The molecule has 0 atom stereocenters. The number of hydrogen-bond acceptors (Lipinski definition) is 5. The Hall–Kier alpha value is -3.07. The Morgan fingerprint density at radius 1 is 1.03 bits per heavy atom. The number of hydrogen-bond donors (Lipinski definition) is 1. The third-order valence-corrected chi connectivity index (χ3v) is 6.99. The second-order valence-electron chi connectivity index (χ2n) is 7.13. The zero-order valence-electron chi connectivity index (χ0n) is 18.5. The molecular weight excluding hydrogens is 464 g/mol. The summed E-state index contributed by atoms with van der Waals surface area (Å²) in [7, 11) is -0.711. The zero-order valence-corrected chi connectivity index (χ0v) is 20.1. The van der Waals surface area contributed by atoms with Gasteiger partial charge in [0.1, 0.15) is 11.5 Å². The van der Waals surface area contributed by atoms with Crippen molar-refractivity contribution >= 4 is 33.2 Å². The van der Waals surface area contributed by atoms with Gasteiger partial charge in [-0.2, -0.15) is 4.31 Å². The predicted molar refractivity (Wildman–Crippen MR) is 129 cm³/mol. The largest absolute Gasteiger partial charge is 0.495 e. The van der Waals surface area contributed by atoms with Gasteiger partial charge in [-0.15, -0.1) is 0 Å². The third-order valence-electron chi connectivity index (χ3n) is 4.88. The molecule has 0 fully saturated rings. The van der Waals surface area contributed by atoms with Crippen LogP contribution in [0.4, 0.5) is 5.69 Å². The highest BCUT2D eigenvalue weighted by Gasteiger charge is 2.22. The minimum atomic E-state index is -3.71. The lowest BCUT2D eigenvalue weighted by Gasteiger charge is -2.20. The van der Waals surface area contributed by atoms with Gasteiger partial charge in [0.05, 0.1) is 23.6 Å². The number of ether oxygens (including phenoxy) is 2. The summed E-state index contributed by atoms with van der Waals surface area (Å²) < 4.78 is 37.9. The fourth-order valence-corrected chi connectivity index (χ4v) is 4.61. The lowest BCUT2D eigenvalue weighted by molar-refractivity contribution is 0.102. The first-order valence-corrected chi connectivity index (χ1v) is 12.0. The fourth-order valence-electron chi connectivity index (χ4n) is 3.19. The van der Waals surface area contributed by atoms with Crippen LogP contribution in [0.2, 0.25) is 5.02 Å². The van der Waals surface area contributed by atoms with Gasteiger partial charge in [-0.1, -0.05) is 29.8 Å². The van der Waals surface area contributed by atoms with Gasteiger partial charge in [-0.05, 0) is 55.5 Å². The molecule has 0 bridgehead atoms. The van der Waals surface area contributed by atoms with Crippen molar-refractivity contribution in [3.8, 4) is 11.5 Å². The Bertz CT molecular complexity index is 1230. The van der Waals surface area contributed by atoms with E-state index in [2.05, 4.69) is 5.32 Å². The number of nitrogens with zero attached hydrogens (tertiary/aromatic N) is 1. The van der Waals surface area contributed by atoms with Crippen LogP contribution in [0.15, 0.2) is 71.6 Å². The van der Waals surface area contributed by atoms with Crippen molar-refractivity contribution in [2.45, 2.75) is 18.4 Å². The van der Waals surface area contributed by atoms with Crippen molar-refractivity contribution in [2.24, 2.45) is 0 Å². The molecule has 0 spiro atoms. The van der Waals surface area contributed by atoms with Crippen LogP contribution in [0.5, 0.6) is 11.5 Å². The van der Waals surface area contributed by atoms with Gasteiger partial charge in [0.2, 0.25) is 10.0 Å². The van der Waals surface area contributed by atoms with Crippen molar-refractivity contribution in [3.05, 3.63) is 82.9 Å². The van der Waals surface area contributed by atoms with Gasteiger partial charge >= 0.3 is 0 Å². The number of sulfonamides is 1. The van der Waals surface area contributed by atoms with Crippen LogP contribution < -0.4 is 14.8 Å². The Morgan fingerprint density at radius 3 is 2.36 bits per heavy atom. The van der Waals surface area contributed by atoms with Gasteiger partial charge in [0, 0.05) is 30.4 Å². The monoisotopic (exact) mass is 488 g/mol. The maximum absolute atomic E-state index is 12.9. The SMILES string of the molecule is CCOc1ccc(C(=O)Nc2ccc(OC)c(Cl)c2)cc1CN(C)S(=O)(=O)c1ccccc1. The summed E-state index contributed by atoms with van der Waals surface area (Å²) in [5.41, 5.74) is 1.43. The van der Waals surface area contributed by atoms with Gasteiger partial charge in [0.25, 0.3) is 5.91 Å². The summed E-state index contributed by atoms with van der Waals surface area (Å²) in [6.45, 7) is 2.27. The van der Waals surface area contributed by atoms with Crippen LogP contribution in [0, 0.1) is 0 Å². The highest BCUT2D eigenvalue weighted by Crippen LogP contribution is 2.28. The Labute approximate surface area is 198 Å². The van der Waals surface area contributed by atoms with E-state index < -0.39 is 10.0 Å². The summed E-state index contributed by atoms with van der Waals surface area (Å²) in [5, 5.41) is 3.16. The molecule has 1 amide bonds. The Morgan fingerprint density at radius 2 is 1.73 bits per heavy atom. The molecule has 9 heteroatoms. The Balaban J connectivity index is 1.86. The molecular formula is C24H25ClN2O5S. The van der Waals surface area contributed by atoms with E-state index in [1.165, 1.54) is 18.5 Å². The van der Waals surface area contributed by atoms with Crippen molar-refractivity contribution in [3.63, 3.8) is 0 Å². The molecule has 33 heavy (non-hydrogen) atoms. The average molecular weight is 489 g/mol. The van der Waals surface area contributed by atoms with Crippen molar-refractivity contribution in [2.75, 3.05) is 26.1 Å². The number of benzene rings is 3. The normalized spacial score (nSPS) is 11.3. The van der Waals surface area contributed by atoms with Crippen LogP contribution >= 0.6 is 11.6 Å². The standard InChI is InChI=1S/C24H25ClN2O5S/c1-4-32-22-12-10-17(24(28)26-19-11-13-23(31-3)21(25)15-19)14-18(22)16-27(2)33(29,30)20-8-6-5-7-9-20/h5-15H,4,16H2,1-3H3,(H,26,28). The maximum Gasteiger partial charge on any atom is 0.255 e. The quantitative estimate of drug-likeness (QED) is 0.466. The molecule has 3 aromatic carbocycles. The summed E-state index contributed by atoms with van der Waals surface area (Å²) in [4.78, 5) is 13.0. The number of anilines is 1. The molecule has 1 N–H and O–H groups in total. The molecule has 0 aliphatic heterocycles. The fraction of sp³-hybridized carbons (Fsp3) is 0.208. The molecule has 0 saturated carbocycles. The van der Waals surface area contributed by atoms with E-state index in [-0.39, 0.29) is 17.3 Å². The molecule has 0 aliphatic rings. The Kier molecular flexibility index (Phi) is 7.97. The van der Waals surface area contributed by atoms with E-state index in [4.69, 9.17) is 21.1 Å². The molecule has 0 radical (unpaired) electrons. The molecule has 0 heterocycles. The molecule has 0 aromatic heterocycles.